The lowest BCUT2D eigenvalue weighted by molar-refractivity contribution is -0.141. The highest BCUT2D eigenvalue weighted by molar-refractivity contribution is 6.31. The molecule has 8 N–H and O–H groups in total. The minimum atomic E-state index is -1.22. The van der Waals surface area contributed by atoms with Crippen LogP contribution in [-0.4, -0.2) is 128 Å². The van der Waals surface area contributed by atoms with Gasteiger partial charge in [-0.15, -0.1) is 0 Å². The number of carbonyl (C=O) groups excluding carboxylic acids is 3. The number of hydroxylamine groups is 1. The Balaban J connectivity index is 1.74. The number of benzene rings is 2. The maximum absolute atomic E-state index is 14.1. The molecule has 0 radical (unpaired) electrons. The first-order valence-corrected chi connectivity index (χ1v) is 18.3. The molecule has 0 aliphatic rings. The number of aliphatic hydroxyl groups excluding tert-OH is 3. The molecule has 58 heavy (non-hydrogen) atoms. The summed E-state index contributed by atoms with van der Waals surface area (Å²) in [6.07, 6.45) is 0.971. The molecule has 2 aromatic carbocycles. The lowest BCUT2D eigenvalue weighted by Crippen LogP contribution is -2.36. The van der Waals surface area contributed by atoms with Crippen LogP contribution in [0, 0.1) is 6.92 Å². The number of hydrogen-bond donors (Lipinski definition) is 8. The molecule has 0 aliphatic heterocycles. The first kappa shape index (κ1) is 46.9. The molecule has 1 aromatic heterocycles. The van der Waals surface area contributed by atoms with Crippen LogP contribution in [0.15, 0.2) is 53.5 Å². The van der Waals surface area contributed by atoms with Crippen molar-refractivity contribution in [2.75, 3.05) is 84.5 Å². The van der Waals surface area contributed by atoms with Crippen LogP contribution in [0.1, 0.15) is 29.2 Å². The Morgan fingerprint density at radius 3 is 2.31 bits per heavy atom. The maximum Gasteiger partial charge on any atom is 0.319 e. The molecule has 4 amide bonds. The smallest absolute Gasteiger partial charge is 0.319 e. The Morgan fingerprint density at radius 1 is 0.845 bits per heavy atom. The first-order chi connectivity index (χ1) is 28.0. The quantitative estimate of drug-likeness (QED) is 0.0384. The Labute approximate surface area is 337 Å². The summed E-state index contributed by atoms with van der Waals surface area (Å²) >= 11 is 6.49. The van der Waals surface area contributed by atoms with E-state index in [9.17, 15) is 34.2 Å². The van der Waals surface area contributed by atoms with E-state index in [1.807, 2.05) is 0 Å². The van der Waals surface area contributed by atoms with Crippen molar-refractivity contribution in [3.8, 4) is 17.2 Å². The summed E-state index contributed by atoms with van der Waals surface area (Å²) in [7, 11) is 0. The zero-order valence-electron chi connectivity index (χ0n) is 31.7. The second-order valence-corrected chi connectivity index (χ2v) is 12.4. The number of aromatic nitrogens is 1. The van der Waals surface area contributed by atoms with Gasteiger partial charge in [0.15, 0.2) is 11.4 Å². The highest BCUT2D eigenvalue weighted by atomic mass is 35.5. The van der Waals surface area contributed by atoms with Gasteiger partial charge in [0.2, 0.25) is 5.91 Å². The molecule has 0 saturated heterocycles. The molecule has 0 bridgehead atoms. The number of aliphatic hydroxyl groups is 3. The molecule has 1 atom stereocenters. The summed E-state index contributed by atoms with van der Waals surface area (Å²) in [6, 6.07) is 9.20. The molecular formula is C37H48ClN5O15. The van der Waals surface area contributed by atoms with Crippen molar-refractivity contribution in [2.24, 2.45) is 0 Å². The highest BCUT2D eigenvalue weighted by Gasteiger charge is 2.23. The van der Waals surface area contributed by atoms with Crippen molar-refractivity contribution < 1.29 is 68.1 Å². The molecule has 0 fully saturated rings. The number of carboxylic acids is 1. The van der Waals surface area contributed by atoms with Gasteiger partial charge in [-0.3, -0.25) is 24.0 Å². The Kier molecular flexibility index (Phi) is 20.8. The molecule has 3 rings (SSSR count). The lowest BCUT2D eigenvalue weighted by Gasteiger charge is -2.21. The van der Waals surface area contributed by atoms with E-state index < -0.39 is 48.4 Å². The molecular weight excluding hydrogens is 790 g/mol. The van der Waals surface area contributed by atoms with Crippen molar-refractivity contribution in [1.82, 2.24) is 20.7 Å². The minimum Gasteiger partial charge on any atom is -0.491 e. The van der Waals surface area contributed by atoms with Crippen LogP contribution in [0.5, 0.6) is 17.2 Å². The standard InChI is InChI=1S/C37H48ClN5O15/c1-24-20-43(21-27-28(38)6-3-7-30(27)56-13-11-46)36(51)34(41-37(52)40-29(19-33(49)50)25-4-2-5-26(18-25)55-12-10-45)35(24)57-16-14-53-15-17-58-42-32(48)23-54-22-31(47)39-8-9-44/h2-7,18,20,29,44-46H,8-17,19,21-23H2,1H3,(H,39,47)(H,42,48)(H,49,50)(H2,40,41,52)/t29-/m0/s1. The van der Waals surface area contributed by atoms with E-state index in [2.05, 4.69) is 21.4 Å². The van der Waals surface area contributed by atoms with Crippen LogP contribution in [0.4, 0.5) is 10.5 Å². The van der Waals surface area contributed by atoms with Gasteiger partial charge in [-0.25, -0.2) is 10.3 Å². The van der Waals surface area contributed by atoms with Crippen molar-refractivity contribution in [1.29, 1.82) is 0 Å². The summed E-state index contributed by atoms with van der Waals surface area (Å²) in [5.41, 5.74) is 2.36. The fraction of sp³-hybridized carbons (Fsp3) is 0.432. The number of nitrogens with one attached hydrogen (secondary N) is 4. The number of halogens is 1. The molecule has 318 valence electrons. The van der Waals surface area contributed by atoms with Crippen molar-refractivity contribution >= 4 is 41.1 Å². The van der Waals surface area contributed by atoms with Crippen LogP contribution in [-0.2, 0) is 35.2 Å². The molecule has 20 nitrogen and oxygen atoms in total. The van der Waals surface area contributed by atoms with Crippen molar-refractivity contribution in [3.63, 3.8) is 0 Å². The number of rotatable bonds is 27. The van der Waals surface area contributed by atoms with Gasteiger partial charge in [0.25, 0.3) is 11.5 Å². The van der Waals surface area contributed by atoms with Crippen LogP contribution >= 0.6 is 11.6 Å². The number of anilines is 1. The summed E-state index contributed by atoms with van der Waals surface area (Å²) in [4.78, 5) is 67.7. The van der Waals surface area contributed by atoms with E-state index in [0.29, 0.717) is 28.2 Å². The van der Waals surface area contributed by atoms with E-state index in [4.69, 9.17) is 50.3 Å². The van der Waals surface area contributed by atoms with E-state index in [1.165, 1.54) is 16.8 Å². The van der Waals surface area contributed by atoms with E-state index >= 15 is 0 Å². The van der Waals surface area contributed by atoms with Gasteiger partial charge in [0.05, 0.1) is 58.6 Å². The highest BCUT2D eigenvalue weighted by Crippen LogP contribution is 2.30. The number of aryl methyl sites for hydroxylation is 1. The van der Waals surface area contributed by atoms with Gasteiger partial charge >= 0.3 is 12.0 Å². The monoisotopic (exact) mass is 837 g/mol. The van der Waals surface area contributed by atoms with Crippen LogP contribution < -0.4 is 41.2 Å². The van der Waals surface area contributed by atoms with Crippen molar-refractivity contribution in [3.05, 3.63) is 80.7 Å². The predicted octanol–water partition coefficient (Wildman–Crippen LogP) is 0.506. The summed E-state index contributed by atoms with van der Waals surface area (Å²) in [5.74, 6) is -1.69. The Hall–Kier alpha value is -5.48. The number of pyridine rings is 1. The van der Waals surface area contributed by atoms with Gasteiger partial charge < -0.3 is 64.6 Å². The van der Waals surface area contributed by atoms with Gasteiger partial charge in [-0.1, -0.05) is 29.8 Å². The molecule has 0 saturated carbocycles. The third-order valence-electron chi connectivity index (χ3n) is 7.60. The van der Waals surface area contributed by atoms with Gasteiger partial charge in [-0.05, 0) is 36.8 Å². The maximum atomic E-state index is 14.1. The Morgan fingerprint density at radius 2 is 1.57 bits per heavy atom. The molecule has 21 heteroatoms. The molecule has 0 spiro atoms. The van der Waals surface area contributed by atoms with Gasteiger partial charge in [-0.2, -0.15) is 0 Å². The number of ether oxygens (including phenoxy) is 5. The van der Waals surface area contributed by atoms with Crippen LogP contribution in [0.2, 0.25) is 5.02 Å². The average Bonchev–Trinajstić information content (AvgIpc) is 3.19. The first-order valence-electron chi connectivity index (χ1n) is 17.9. The topological polar surface area (TPSA) is 275 Å². The molecule has 3 aromatic rings. The number of amides is 4. The third kappa shape index (κ3) is 16.2. The fourth-order valence-electron chi connectivity index (χ4n) is 5.12. The zero-order valence-corrected chi connectivity index (χ0v) is 32.5. The van der Waals surface area contributed by atoms with Gasteiger partial charge in [0, 0.05) is 28.9 Å². The zero-order chi connectivity index (χ0) is 42.3. The number of hydrogen-bond acceptors (Lipinski definition) is 14. The van der Waals surface area contributed by atoms with Gasteiger partial charge in [0.1, 0.15) is 44.5 Å². The molecule has 1 heterocycles. The minimum absolute atomic E-state index is 0.00125. The van der Waals surface area contributed by atoms with Crippen LogP contribution in [0.25, 0.3) is 0 Å². The second-order valence-electron chi connectivity index (χ2n) is 12.0. The number of urea groups is 1. The summed E-state index contributed by atoms with van der Waals surface area (Å²) in [5, 5.41) is 44.5. The summed E-state index contributed by atoms with van der Waals surface area (Å²) in [6.45, 7) is -0.169. The van der Waals surface area contributed by atoms with E-state index in [-0.39, 0.29) is 95.6 Å². The molecule has 0 unspecified atom stereocenters. The lowest BCUT2D eigenvalue weighted by atomic mass is 10.0. The third-order valence-corrected chi connectivity index (χ3v) is 7.95. The largest absolute Gasteiger partial charge is 0.491 e. The Bertz CT molecular complexity index is 1860. The molecule has 0 aliphatic carbocycles. The van der Waals surface area contributed by atoms with E-state index in [1.54, 1.807) is 43.3 Å². The second kappa shape index (κ2) is 25.7. The fourth-order valence-corrected chi connectivity index (χ4v) is 5.35. The number of nitrogens with zero attached hydrogens (tertiary/aromatic N) is 1. The average molecular weight is 838 g/mol. The van der Waals surface area contributed by atoms with E-state index in [0.717, 1.165) is 0 Å². The normalized spacial score (nSPS) is 11.3. The van der Waals surface area contributed by atoms with Crippen molar-refractivity contribution in [2.45, 2.75) is 25.9 Å². The van der Waals surface area contributed by atoms with Crippen LogP contribution in [0.3, 0.4) is 0 Å². The number of carboxylic acid groups (broad SMARTS) is 1. The predicted molar refractivity (Wildman–Crippen MR) is 206 cm³/mol. The number of aliphatic carboxylic acids is 1. The number of carbonyl (C=O) groups is 4. The summed E-state index contributed by atoms with van der Waals surface area (Å²) < 4.78 is 28.7. The SMILES string of the molecule is Cc1cn(Cc2c(Cl)cccc2OCCO)c(=O)c(NC(=O)N[C@@H](CC(=O)O)c2cccc(OCCO)c2)c1OCCOCCONC(=O)COCC(=O)NCCO.